The molecule has 76 valence electrons. The number of esters is 1. The maximum atomic E-state index is 10.8. The predicted molar refractivity (Wildman–Crippen MR) is 51.3 cm³/mol. The van der Waals surface area contributed by atoms with Crippen molar-refractivity contribution in [2.75, 3.05) is 6.61 Å². The number of aliphatic hydroxyl groups excluding tert-OH is 1. The summed E-state index contributed by atoms with van der Waals surface area (Å²) in [5.41, 5.74) is 0. The second-order valence-electron chi connectivity index (χ2n) is 2.94. The Morgan fingerprint density at radius 3 is 2.77 bits per heavy atom. The number of rotatable bonds is 7. The molecule has 0 aliphatic heterocycles. The largest absolute Gasteiger partial charge is 0.457 e. The summed E-state index contributed by atoms with van der Waals surface area (Å²) in [5, 5.41) is 8.86. The molecule has 3 nitrogen and oxygen atoms in total. The summed E-state index contributed by atoms with van der Waals surface area (Å²) in [6.07, 6.45) is 4.67. The summed E-state index contributed by atoms with van der Waals surface area (Å²) in [4.78, 5) is 10.8. The Labute approximate surface area is 79.4 Å². The van der Waals surface area contributed by atoms with Crippen LogP contribution in [0.1, 0.15) is 32.6 Å². The molecular weight excluding hydrogens is 168 g/mol. The van der Waals surface area contributed by atoms with Gasteiger partial charge in [0.25, 0.3) is 0 Å². The molecule has 0 fully saturated rings. The van der Waals surface area contributed by atoms with E-state index in [9.17, 15) is 4.79 Å². The normalized spacial score (nSPS) is 12.2. The summed E-state index contributed by atoms with van der Waals surface area (Å²) < 4.78 is 4.89. The molecule has 0 saturated heterocycles. The van der Waals surface area contributed by atoms with E-state index in [2.05, 4.69) is 13.5 Å². The number of carbonyl (C=O) groups is 1. The third kappa shape index (κ3) is 6.34. The fourth-order valence-corrected chi connectivity index (χ4v) is 1.02. The Kier molecular flexibility index (Phi) is 7.30. The highest BCUT2D eigenvalue weighted by Gasteiger charge is 2.10. The van der Waals surface area contributed by atoms with Crippen molar-refractivity contribution in [3.63, 3.8) is 0 Å². The minimum absolute atomic E-state index is 0.108. The fourth-order valence-electron chi connectivity index (χ4n) is 1.02. The van der Waals surface area contributed by atoms with Gasteiger partial charge in [-0.15, -0.1) is 0 Å². The van der Waals surface area contributed by atoms with Crippen LogP contribution in [0.25, 0.3) is 0 Å². The van der Waals surface area contributed by atoms with Crippen LogP contribution in [0.3, 0.4) is 0 Å². The van der Waals surface area contributed by atoms with E-state index in [1.54, 1.807) is 0 Å². The molecule has 0 radical (unpaired) electrons. The van der Waals surface area contributed by atoms with E-state index in [4.69, 9.17) is 9.84 Å². The summed E-state index contributed by atoms with van der Waals surface area (Å²) >= 11 is 0. The molecule has 0 aromatic carbocycles. The van der Waals surface area contributed by atoms with Crippen LogP contribution in [-0.2, 0) is 9.53 Å². The zero-order valence-corrected chi connectivity index (χ0v) is 8.16. The van der Waals surface area contributed by atoms with Gasteiger partial charge in [-0.3, -0.25) is 0 Å². The summed E-state index contributed by atoms with van der Waals surface area (Å²) in [7, 11) is 0. The van der Waals surface area contributed by atoms with E-state index in [1.807, 2.05) is 0 Å². The van der Waals surface area contributed by atoms with Gasteiger partial charge in [-0.2, -0.15) is 0 Å². The first-order valence-electron chi connectivity index (χ1n) is 4.68. The number of ether oxygens (including phenoxy) is 1. The van der Waals surface area contributed by atoms with Crippen molar-refractivity contribution in [3.05, 3.63) is 12.7 Å². The molecule has 0 bridgehead atoms. The molecule has 3 heteroatoms. The standard InChI is InChI=1S/C10H18O3/c1-3-5-6-7-9(8-11)13-10(12)4-2/h4,9,11H,2-3,5-8H2,1H3. The van der Waals surface area contributed by atoms with Crippen molar-refractivity contribution in [1.82, 2.24) is 0 Å². The first kappa shape index (κ1) is 12.2. The van der Waals surface area contributed by atoms with Gasteiger partial charge in [0.15, 0.2) is 0 Å². The van der Waals surface area contributed by atoms with Gasteiger partial charge < -0.3 is 9.84 Å². The molecule has 0 saturated carbocycles. The van der Waals surface area contributed by atoms with Crippen molar-refractivity contribution in [2.24, 2.45) is 0 Å². The van der Waals surface area contributed by atoms with Gasteiger partial charge in [0.2, 0.25) is 0 Å². The highest BCUT2D eigenvalue weighted by molar-refractivity contribution is 5.81. The number of hydrogen-bond donors (Lipinski definition) is 1. The van der Waals surface area contributed by atoms with E-state index in [0.29, 0.717) is 0 Å². The van der Waals surface area contributed by atoms with Crippen molar-refractivity contribution in [1.29, 1.82) is 0 Å². The Bertz CT molecular complexity index is 154. The van der Waals surface area contributed by atoms with Gasteiger partial charge in [0.1, 0.15) is 6.10 Å². The van der Waals surface area contributed by atoms with Crippen LogP contribution in [0.5, 0.6) is 0 Å². The van der Waals surface area contributed by atoms with Gasteiger partial charge in [0.05, 0.1) is 6.61 Å². The molecule has 0 amide bonds. The number of unbranched alkanes of at least 4 members (excludes halogenated alkanes) is 2. The Morgan fingerprint density at radius 1 is 1.62 bits per heavy atom. The van der Waals surface area contributed by atoms with Crippen LogP contribution in [0, 0.1) is 0 Å². The van der Waals surface area contributed by atoms with Gasteiger partial charge in [-0.1, -0.05) is 26.3 Å². The molecule has 1 N–H and O–H groups in total. The molecular formula is C10H18O3. The average molecular weight is 186 g/mol. The Hall–Kier alpha value is -0.830. The van der Waals surface area contributed by atoms with Gasteiger partial charge >= 0.3 is 5.97 Å². The Morgan fingerprint density at radius 2 is 2.31 bits per heavy atom. The third-order valence-electron chi connectivity index (χ3n) is 1.78. The lowest BCUT2D eigenvalue weighted by atomic mass is 10.1. The maximum absolute atomic E-state index is 10.8. The third-order valence-corrected chi connectivity index (χ3v) is 1.78. The van der Waals surface area contributed by atoms with Crippen LogP contribution < -0.4 is 0 Å². The van der Waals surface area contributed by atoms with E-state index in [0.717, 1.165) is 31.8 Å². The van der Waals surface area contributed by atoms with Crippen LogP contribution in [0.2, 0.25) is 0 Å². The van der Waals surface area contributed by atoms with E-state index >= 15 is 0 Å². The lowest BCUT2D eigenvalue weighted by Crippen LogP contribution is -2.20. The second-order valence-corrected chi connectivity index (χ2v) is 2.94. The minimum atomic E-state index is -0.462. The molecule has 0 spiro atoms. The first-order valence-corrected chi connectivity index (χ1v) is 4.68. The van der Waals surface area contributed by atoms with E-state index < -0.39 is 5.97 Å². The van der Waals surface area contributed by atoms with Crippen molar-refractivity contribution >= 4 is 5.97 Å². The molecule has 0 rings (SSSR count). The van der Waals surface area contributed by atoms with Gasteiger partial charge in [0, 0.05) is 6.08 Å². The fraction of sp³-hybridized carbons (Fsp3) is 0.700. The summed E-state index contributed by atoms with van der Waals surface area (Å²) in [6, 6.07) is 0. The number of carbonyl (C=O) groups excluding carboxylic acids is 1. The average Bonchev–Trinajstić information content (AvgIpc) is 2.16. The minimum Gasteiger partial charge on any atom is -0.457 e. The zero-order chi connectivity index (χ0) is 10.1. The second kappa shape index (κ2) is 7.80. The van der Waals surface area contributed by atoms with E-state index in [-0.39, 0.29) is 12.7 Å². The van der Waals surface area contributed by atoms with Gasteiger partial charge in [-0.05, 0) is 12.8 Å². The molecule has 0 aromatic heterocycles. The lowest BCUT2D eigenvalue weighted by molar-refractivity contribution is -0.145. The SMILES string of the molecule is C=CC(=O)OC(CO)CCCCC. The zero-order valence-electron chi connectivity index (χ0n) is 8.16. The molecule has 13 heavy (non-hydrogen) atoms. The molecule has 0 heterocycles. The molecule has 1 unspecified atom stereocenters. The number of hydrogen-bond acceptors (Lipinski definition) is 3. The van der Waals surface area contributed by atoms with Crippen LogP contribution >= 0.6 is 0 Å². The summed E-state index contributed by atoms with van der Waals surface area (Å²) in [6.45, 7) is 5.28. The lowest BCUT2D eigenvalue weighted by Gasteiger charge is -2.13. The highest BCUT2D eigenvalue weighted by atomic mass is 16.5. The van der Waals surface area contributed by atoms with Crippen molar-refractivity contribution in [2.45, 2.75) is 38.7 Å². The monoisotopic (exact) mass is 186 g/mol. The summed E-state index contributed by atoms with van der Waals surface area (Å²) in [5.74, 6) is -0.462. The van der Waals surface area contributed by atoms with Crippen molar-refractivity contribution < 1.29 is 14.6 Å². The quantitative estimate of drug-likeness (QED) is 0.373. The molecule has 0 aromatic rings. The smallest absolute Gasteiger partial charge is 0.330 e. The molecule has 0 aliphatic carbocycles. The topological polar surface area (TPSA) is 46.5 Å². The van der Waals surface area contributed by atoms with Crippen molar-refractivity contribution in [3.8, 4) is 0 Å². The predicted octanol–water partition coefficient (Wildman–Crippen LogP) is 1.66. The van der Waals surface area contributed by atoms with Crippen LogP contribution in [0.4, 0.5) is 0 Å². The molecule has 0 aliphatic rings. The van der Waals surface area contributed by atoms with E-state index in [1.165, 1.54) is 0 Å². The van der Waals surface area contributed by atoms with Crippen LogP contribution in [0.15, 0.2) is 12.7 Å². The Balaban J connectivity index is 3.62. The highest BCUT2D eigenvalue weighted by Crippen LogP contribution is 2.06. The number of aliphatic hydroxyl groups is 1. The first-order chi connectivity index (χ1) is 6.24. The maximum Gasteiger partial charge on any atom is 0.330 e. The van der Waals surface area contributed by atoms with Gasteiger partial charge in [-0.25, -0.2) is 4.79 Å². The molecule has 1 atom stereocenters. The van der Waals surface area contributed by atoms with Crippen LogP contribution in [-0.4, -0.2) is 23.8 Å².